The Kier molecular flexibility index (Phi) is 4.04. The van der Waals surface area contributed by atoms with E-state index in [0.717, 1.165) is 6.54 Å². The Morgan fingerprint density at radius 2 is 2.27 bits per heavy atom. The van der Waals surface area contributed by atoms with Gasteiger partial charge in [0.25, 0.3) is 0 Å². The summed E-state index contributed by atoms with van der Waals surface area (Å²) in [5.74, 6) is 0.250. The zero-order chi connectivity index (χ0) is 11.3. The molecule has 0 aromatic carbocycles. The highest BCUT2D eigenvalue weighted by molar-refractivity contribution is 7.92. The van der Waals surface area contributed by atoms with Crippen LogP contribution >= 0.6 is 0 Å². The molecule has 0 saturated carbocycles. The van der Waals surface area contributed by atoms with E-state index in [0.29, 0.717) is 6.54 Å². The Morgan fingerprint density at radius 1 is 1.53 bits per heavy atom. The maximum atomic E-state index is 11.5. The molecule has 0 unspecified atom stereocenters. The summed E-state index contributed by atoms with van der Waals surface area (Å²) in [7, 11) is -1.71. The first-order chi connectivity index (χ1) is 7.05. The average molecular weight is 233 g/mol. The molecule has 0 radical (unpaired) electrons. The van der Waals surface area contributed by atoms with Crippen LogP contribution in [0.1, 0.15) is 6.92 Å². The lowest BCUT2D eigenvalue weighted by atomic mass is 10.7. The van der Waals surface area contributed by atoms with Gasteiger partial charge < -0.3 is 5.32 Å². The van der Waals surface area contributed by atoms with Crippen LogP contribution in [0, 0.1) is 0 Å². The lowest BCUT2D eigenvalue weighted by molar-refractivity contribution is 0.596. The van der Waals surface area contributed by atoms with Crippen LogP contribution in [0.4, 0.5) is 5.95 Å². The molecule has 0 atom stereocenters. The van der Waals surface area contributed by atoms with Crippen LogP contribution in [-0.2, 0) is 17.1 Å². The molecule has 1 aromatic rings. The number of sulfonamides is 1. The second-order valence-corrected chi connectivity index (χ2v) is 4.82. The number of aromatic nitrogens is 3. The number of aryl methyl sites for hydroxylation is 1. The van der Waals surface area contributed by atoms with E-state index in [1.165, 1.54) is 11.0 Å². The topological polar surface area (TPSA) is 88.9 Å². The van der Waals surface area contributed by atoms with Gasteiger partial charge in [0.1, 0.15) is 6.33 Å². The van der Waals surface area contributed by atoms with Crippen molar-refractivity contribution in [3.05, 3.63) is 6.33 Å². The minimum Gasteiger partial charge on any atom is -0.316 e. The molecular weight excluding hydrogens is 218 g/mol. The predicted octanol–water partition coefficient (Wildman–Crippen LogP) is -0.834. The number of anilines is 1. The third kappa shape index (κ3) is 3.84. The summed E-state index contributed by atoms with van der Waals surface area (Å²) >= 11 is 0. The van der Waals surface area contributed by atoms with Gasteiger partial charge in [0, 0.05) is 13.6 Å². The van der Waals surface area contributed by atoms with E-state index in [-0.39, 0.29) is 11.7 Å². The molecular formula is C7H15N5O2S. The Bertz CT molecular complexity index is 399. The van der Waals surface area contributed by atoms with Crippen LogP contribution in [0.15, 0.2) is 6.33 Å². The minimum absolute atomic E-state index is 0.0215. The minimum atomic E-state index is -3.34. The molecule has 0 saturated heterocycles. The normalized spacial score (nSPS) is 11.6. The zero-order valence-corrected chi connectivity index (χ0v) is 9.58. The molecule has 0 spiro atoms. The maximum absolute atomic E-state index is 11.5. The SMILES string of the molecule is CCNCCS(=O)(=O)Nc1ncnn1C. The van der Waals surface area contributed by atoms with E-state index in [4.69, 9.17) is 0 Å². The van der Waals surface area contributed by atoms with Crippen molar-refractivity contribution in [3.63, 3.8) is 0 Å². The molecule has 1 aromatic heterocycles. The zero-order valence-electron chi connectivity index (χ0n) is 8.77. The molecule has 0 aliphatic rings. The van der Waals surface area contributed by atoms with E-state index in [2.05, 4.69) is 20.1 Å². The highest BCUT2D eigenvalue weighted by Gasteiger charge is 2.12. The molecule has 1 rings (SSSR count). The molecule has 2 N–H and O–H groups in total. The summed E-state index contributed by atoms with van der Waals surface area (Å²) in [6.07, 6.45) is 1.29. The standard InChI is InChI=1S/C7H15N5O2S/c1-3-8-4-5-15(13,14)11-7-9-6-10-12(7)2/h6,8H,3-5H2,1-2H3,(H,9,10,11). The molecule has 0 fully saturated rings. The maximum Gasteiger partial charge on any atom is 0.236 e. The van der Waals surface area contributed by atoms with Crippen LogP contribution in [0.5, 0.6) is 0 Å². The highest BCUT2D eigenvalue weighted by atomic mass is 32.2. The monoisotopic (exact) mass is 233 g/mol. The second-order valence-electron chi connectivity index (χ2n) is 2.98. The number of hydrogen-bond donors (Lipinski definition) is 2. The van der Waals surface area contributed by atoms with Crippen LogP contribution in [-0.4, -0.2) is 42.0 Å². The van der Waals surface area contributed by atoms with Crippen LogP contribution in [0.25, 0.3) is 0 Å². The molecule has 0 bridgehead atoms. The predicted molar refractivity (Wildman–Crippen MR) is 57.0 cm³/mol. The average Bonchev–Trinajstić information content (AvgIpc) is 2.51. The fourth-order valence-electron chi connectivity index (χ4n) is 0.962. The third-order valence-corrected chi connectivity index (χ3v) is 2.99. The van der Waals surface area contributed by atoms with Gasteiger partial charge in [0.2, 0.25) is 16.0 Å². The highest BCUT2D eigenvalue weighted by Crippen LogP contribution is 2.01. The van der Waals surface area contributed by atoms with Gasteiger partial charge >= 0.3 is 0 Å². The Balaban J connectivity index is 2.53. The summed E-state index contributed by atoms with van der Waals surface area (Å²) in [5, 5.41) is 6.70. The number of nitrogens with zero attached hydrogens (tertiary/aromatic N) is 3. The molecule has 86 valence electrons. The van der Waals surface area contributed by atoms with E-state index in [1.807, 2.05) is 6.92 Å². The van der Waals surface area contributed by atoms with Crippen molar-refractivity contribution in [1.29, 1.82) is 0 Å². The smallest absolute Gasteiger partial charge is 0.236 e. The number of rotatable bonds is 6. The molecule has 8 heteroatoms. The molecule has 0 aliphatic carbocycles. The van der Waals surface area contributed by atoms with Crippen LogP contribution < -0.4 is 10.0 Å². The van der Waals surface area contributed by atoms with Crippen molar-refractivity contribution in [2.24, 2.45) is 7.05 Å². The molecule has 0 aliphatic heterocycles. The van der Waals surface area contributed by atoms with Gasteiger partial charge in [-0.1, -0.05) is 6.92 Å². The first-order valence-corrected chi connectivity index (χ1v) is 6.25. The first-order valence-electron chi connectivity index (χ1n) is 4.60. The fraction of sp³-hybridized carbons (Fsp3) is 0.714. The molecule has 15 heavy (non-hydrogen) atoms. The molecule has 1 heterocycles. The number of hydrogen-bond acceptors (Lipinski definition) is 5. The summed E-state index contributed by atoms with van der Waals surface area (Å²) in [5.41, 5.74) is 0. The van der Waals surface area contributed by atoms with Crippen molar-refractivity contribution in [2.45, 2.75) is 6.92 Å². The summed E-state index contributed by atoms with van der Waals surface area (Å²) in [4.78, 5) is 3.77. The van der Waals surface area contributed by atoms with Crippen molar-refractivity contribution < 1.29 is 8.42 Å². The largest absolute Gasteiger partial charge is 0.316 e. The van der Waals surface area contributed by atoms with Crippen LogP contribution in [0.3, 0.4) is 0 Å². The Labute approximate surface area is 88.9 Å². The summed E-state index contributed by atoms with van der Waals surface area (Å²) in [6, 6.07) is 0. The van der Waals surface area contributed by atoms with Gasteiger partial charge in [-0.2, -0.15) is 10.1 Å². The molecule has 7 nitrogen and oxygen atoms in total. The van der Waals surface area contributed by atoms with Crippen molar-refractivity contribution in [3.8, 4) is 0 Å². The van der Waals surface area contributed by atoms with Gasteiger partial charge in [-0.25, -0.2) is 13.1 Å². The quantitative estimate of drug-likeness (QED) is 0.626. The lowest BCUT2D eigenvalue weighted by Gasteiger charge is -2.06. The van der Waals surface area contributed by atoms with E-state index in [1.54, 1.807) is 7.05 Å². The van der Waals surface area contributed by atoms with Gasteiger partial charge in [0.05, 0.1) is 5.75 Å². The second kappa shape index (κ2) is 5.08. The van der Waals surface area contributed by atoms with Crippen molar-refractivity contribution in [2.75, 3.05) is 23.6 Å². The Hall–Kier alpha value is -1.15. The lowest BCUT2D eigenvalue weighted by Crippen LogP contribution is -2.27. The molecule has 0 amide bonds. The fourth-order valence-corrected chi connectivity index (χ4v) is 1.94. The van der Waals surface area contributed by atoms with Gasteiger partial charge in [-0.3, -0.25) is 4.72 Å². The van der Waals surface area contributed by atoms with Crippen molar-refractivity contribution in [1.82, 2.24) is 20.1 Å². The third-order valence-electron chi connectivity index (χ3n) is 1.76. The van der Waals surface area contributed by atoms with E-state index in [9.17, 15) is 8.42 Å². The van der Waals surface area contributed by atoms with Gasteiger partial charge in [-0.15, -0.1) is 0 Å². The summed E-state index contributed by atoms with van der Waals surface area (Å²) < 4.78 is 26.7. The van der Waals surface area contributed by atoms with Gasteiger partial charge in [-0.05, 0) is 6.54 Å². The van der Waals surface area contributed by atoms with Gasteiger partial charge in [0.15, 0.2) is 0 Å². The van der Waals surface area contributed by atoms with E-state index < -0.39 is 10.0 Å². The number of nitrogens with one attached hydrogen (secondary N) is 2. The van der Waals surface area contributed by atoms with Crippen LogP contribution in [0.2, 0.25) is 0 Å². The Morgan fingerprint density at radius 3 is 2.80 bits per heavy atom. The van der Waals surface area contributed by atoms with E-state index >= 15 is 0 Å². The summed E-state index contributed by atoms with van der Waals surface area (Å²) in [6.45, 7) is 3.09. The first kappa shape index (κ1) is 11.9. The van der Waals surface area contributed by atoms with Crippen molar-refractivity contribution >= 4 is 16.0 Å².